The molecule has 0 aliphatic carbocycles. The number of carbonyl (C=O) groups excluding carboxylic acids is 1. The van der Waals surface area contributed by atoms with Gasteiger partial charge in [0.25, 0.3) is 0 Å². The van der Waals surface area contributed by atoms with E-state index in [0.717, 1.165) is 11.1 Å². The van der Waals surface area contributed by atoms with Crippen LogP contribution in [0.25, 0.3) is 0 Å². The molecule has 7 heteroatoms. The smallest absolute Gasteiger partial charge is 0.234 e. The number of aryl methyl sites for hydroxylation is 1. The fourth-order valence-electron chi connectivity index (χ4n) is 2.26. The van der Waals surface area contributed by atoms with E-state index >= 15 is 0 Å². The zero-order valence-corrected chi connectivity index (χ0v) is 14.5. The van der Waals surface area contributed by atoms with E-state index in [1.807, 2.05) is 38.1 Å². The average molecular weight is 331 g/mol. The van der Waals surface area contributed by atoms with Gasteiger partial charge in [0.2, 0.25) is 17.8 Å². The second kappa shape index (κ2) is 6.90. The predicted octanol–water partition coefficient (Wildman–Crippen LogP) is 3.52. The highest BCUT2D eigenvalue weighted by molar-refractivity contribution is 5.86. The Balaban J connectivity index is 2.35. The van der Waals surface area contributed by atoms with Crippen molar-refractivity contribution < 1.29 is 9.18 Å². The van der Waals surface area contributed by atoms with Gasteiger partial charge in [-0.3, -0.25) is 10.1 Å². The van der Waals surface area contributed by atoms with Gasteiger partial charge in [-0.2, -0.15) is 15.0 Å². The van der Waals surface area contributed by atoms with Crippen LogP contribution >= 0.6 is 0 Å². The standard InChI is InChI=1S/C17H22FN5O/c1-10-8-6-7-9-13(10)11(2)19-15-21-14(17(4,5)18)22-16(23-15)20-12(3)24/h6-9,11H,1-5H3,(H2,19,20,21,22,23,24). The summed E-state index contributed by atoms with van der Waals surface area (Å²) in [6.07, 6.45) is 0. The van der Waals surface area contributed by atoms with Crippen molar-refractivity contribution >= 4 is 17.8 Å². The third-order valence-corrected chi connectivity index (χ3v) is 3.46. The molecule has 1 aromatic carbocycles. The maximum absolute atomic E-state index is 14.2. The van der Waals surface area contributed by atoms with Gasteiger partial charge in [-0.05, 0) is 38.8 Å². The molecule has 0 fully saturated rings. The topological polar surface area (TPSA) is 79.8 Å². The molecule has 1 aromatic heterocycles. The van der Waals surface area contributed by atoms with Gasteiger partial charge in [-0.15, -0.1) is 0 Å². The Morgan fingerprint density at radius 1 is 1.17 bits per heavy atom. The summed E-state index contributed by atoms with van der Waals surface area (Å²) in [4.78, 5) is 23.5. The molecule has 0 saturated heterocycles. The van der Waals surface area contributed by atoms with E-state index < -0.39 is 5.67 Å². The van der Waals surface area contributed by atoms with Crippen molar-refractivity contribution in [3.8, 4) is 0 Å². The summed E-state index contributed by atoms with van der Waals surface area (Å²) in [6, 6.07) is 7.84. The van der Waals surface area contributed by atoms with Crippen LogP contribution in [-0.2, 0) is 10.5 Å². The largest absolute Gasteiger partial charge is 0.348 e. The fourth-order valence-corrected chi connectivity index (χ4v) is 2.26. The Hall–Kier alpha value is -2.57. The van der Waals surface area contributed by atoms with Crippen molar-refractivity contribution in [3.63, 3.8) is 0 Å². The van der Waals surface area contributed by atoms with Gasteiger partial charge >= 0.3 is 0 Å². The molecule has 2 aromatic rings. The molecule has 1 atom stereocenters. The predicted molar refractivity (Wildman–Crippen MR) is 91.5 cm³/mol. The van der Waals surface area contributed by atoms with Crippen LogP contribution in [0.5, 0.6) is 0 Å². The molecule has 6 nitrogen and oxygen atoms in total. The maximum Gasteiger partial charge on any atom is 0.234 e. The number of carbonyl (C=O) groups is 1. The highest BCUT2D eigenvalue weighted by atomic mass is 19.1. The molecule has 2 N–H and O–H groups in total. The number of nitrogens with zero attached hydrogens (tertiary/aromatic N) is 3. The van der Waals surface area contributed by atoms with Crippen LogP contribution in [0.4, 0.5) is 16.3 Å². The van der Waals surface area contributed by atoms with E-state index in [-0.39, 0.29) is 29.7 Å². The van der Waals surface area contributed by atoms with Crippen molar-refractivity contribution in [1.29, 1.82) is 0 Å². The van der Waals surface area contributed by atoms with Crippen LogP contribution < -0.4 is 10.6 Å². The van der Waals surface area contributed by atoms with Gasteiger partial charge in [-0.25, -0.2) is 4.39 Å². The molecule has 128 valence electrons. The molecule has 0 aliphatic heterocycles. The van der Waals surface area contributed by atoms with Gasteiger partial charge in [-0.1, -0.05) is 24.3 Å². The molecule has 24 heavy (non-hydrogen) atoms. The Morgan fingerprint density at radius 2 is 1.79 bits per heavy atom. The second-order valence-electron chi connectivity index (χ2n) is 6.18. The van der Waals surface area contributed by atoms with E-state index in [1.54, 1.807) is 0 Å². The number of anilines is 2. The number of aromatic nitrogens is 3. The maximum atomic E-state index is 14.2. The number of rotatable bonds is 5. The molecule has 0 saturated carbocycles. The van der Waals surface area contributed by atoms with Crippen LogP contribution in [0.2, 0.25) is 0 Å². The van der Waals surface area contributed by atoms with Gasteiger partial charge in [0, 0.05) is 6.92 Å². The van der Waals surface area contributed by atoms with E-state index in [0.29, 0.717) is 0 Å². The van der Waals surface area contributed by atoms with Crippen LogP contribution in [0.1, 0.15) is 50.7 Å². The fraction of sp³-hybridized carbons (Fsp3) is 0.412. The lowest BCUT2D eigenvalue weighted by atomic mass is 10.0. The third kappa shape index (κ3) is 4.47. The van der Waals surface area contributed by atoms with Crippen LogP contribution in [-0.4, -0.2) is 20.9 Å². The van der Waals surface area contributed by atoms with Crippen molar-refractivity contribution in [3.05, 3.63) is 41.2 Å². The molecule has 1 amide bonds. The lowest BCUT2D eigenvalue weighted by Gasteiger charge is -2.19. The number of nitrogens with one attached hydrogen (secondary N) is 2. The Bertz CT molecular complexity index is 742. The summed E-state index contributed by atoms with van der Waals surface area (Å²) in [5.41, 5.74) is 0.457. The minimum Gasteiger partial charge on any atom is -0.348 e. The lowest BCUT2D eigenvalue weighted by molar-refractivity contribution is -0.114. The van der Waals surface area contributed by atoms with Crippen LogP contribution in [0, 0.1) is 6.92 Å². The Labute approximate surface area is 140 Å². The van der Waals surface area contributed by atoms with E-state index in [9.17, 15) is 9.18 Å². The van der Waals surface area contributed by atoms with Crippen molar-refractivity contribution in [2.45, 2.75) is 46.3 Å². The SMILES string of the molecule is CC(=O)Nc1nc(NC(C)c2ccccc2C)nc(C(C)(C)F)n1. The summed E-state index contributed by atoms with van der Waals surface area (Å²) in [7, 11) is 0. The number of halogens is 1. The molecular weight excluding hydrogens is 309 g/mol. The lowest BCUT2D eigenvalue weighted by Crippen LogP contribution is -2.21. The molecule has 2 rings (SSSR count). The third-order valence-electron chi connectivity index (χ3n) is 3.46. The zero-order valence-electron chi connectivity index (χ0n) is 14.5. The highest BCUT2D eigenvalue weighted by Gasteiger charge is 2.25. The van der Waals surface area contributed by atoms with Crippen molar-refractivity contribution in [1.82, 2.24) is 15.0 Å². The molecule has 1 heterocycles. The summed E-state index contributed by atoms with van der Waals surface area (Å²) >= 11 is 0. The number of alkyl halides is 1. The quantitative estimate of drug-likeness (QED) is 0.876. The molecule has 0 spiro atoms. The molecule has 0 radical (unpaired) electrons. The number of hydrogen-bond acceptors (Lipinski definition) is 5. The zero-order chi connectivity index (χ0) is 17.9. The minimum absolute atomic E-state index is 0.0257. The number of benzene rings is 1. The second-order valence-corrected chi connectivity index (χ2v) is 6.18. The first kappa shape index (κ1) is 17.8. The van der Waals surface area contributed by atoms with E-state index in [4.69, 9.17) is 0 Å². The normalized spacial score (nSPS) is 12.6. The van der Waals surface area contributed by atoms with Gasteiger partial charge in [0.1, 0.15) is 0 Å². The first-order valence-electron chi connectivity index (χ1n) is 7.72. The summed E-state index contributed by atoms with van der Waals surface area (Å²) < 4.78 is 14.2. The summed E-state index contributed by atoms with van der Waals surface area (Å²) in [6.45, 7) is 8.03. The summed E-state index contributed by atoms with van der Waals surface area (Å²) in [5, 5.41) is 5.62. The van der Waals surface area contributed by atoms with Crippen LogP contribution in [0.3, 0.4) is 0 Å². The Kier molecular flexibility index (Phi) is 5.11. The van der Waals surface area contributed by atoms with Crippen molar-refractivity contribution in [2.75, 3.05) is 10.6 Å². The molecule has 0 bridgehead atoms. The van der Waals surface area contributed by atoms with Gasteiger partial charge in [0.15, 0.2) is 11.5 Å². The Morgan fingerprint density at radius 3 is 2.38 bits per heavy atom. The first-order valence-corrected chi connectivity index (χ1v) is 7.72. The highest BCUT2D eigenvalue weighted by Crippen LogP contribution is 2.25. The van der Waals surface area contributed by atoms with Crippen molar-refractivity contribution in [2.24, 2.45) is 0 Å². The summed E-state index contributed by atoms with van der Waals surface area (Å²) in [5.74, 6) is -0.134. The number of amides is 1. The molecule has 0 aliphatic rings. The van der Waals surface area contributed by atoms with Gasteiger partial charge < -0.3 is 5.32 Å². The number of hydrogen-bond donors (Lipinski definition) is 2. The van der Waals surface area contributed by atoms with Gasteiger partial charge in [0.05, 0.1) is 6.04 Å². The van der Waals surface area contributed by atoms with E-state index in [2.05, 4.69) is 25.6 Å². The molecular formula is C17H22FN5O. The molecule has 1 unspecified atom stereocenters. The van der Waals surface area contributed by atoms with Crippen LogP contribution in [0.15, 0.2) is 24.3 Å². The average Bonchev–Trinajstić information content (AvgIpc) is 2.45. The minimum atomic E-state index is -1.75. The first-order chi connectivity index (χ1) is 11.2. The monoisotopic (exact) mass is 331 g/mol. The van der Waals surface area contributed by atoms with E-state index in [1.165, 1.54) is 20.8 Å².